The first kappa shape index (κ1) is 36.6. The number of β-lactam (4-membered cyclic amide) rings is 1. The molecule has 1 saturated heterocycles. The number of aliphatic hydroxyl groups excluding tert-OH is 3. The van der Waals surface area contributed by atoms with Crippen LogP contribution in [0.15, 0.2) is 72.8 Å². The number of nitrogens with zero attached hydrogens (tertiary/aromatic N) is 1. The number of rotatable bonds is 19. The number of carbonyl (C=O) groups is 1. The zero-order chi connectivity index (χ0) is 34.0. The molecule has 3 unspecified atom stereocenters. The molecule has 0 aliphatic carbocycles. The van der Waals surface area contributed by atoms with Crippen LogP contribution in [0.2, 0.25) is 0 Å². The zero-order valence-corrected chi connectivity index (χ0v) is 27.7. The van der Waals surface area contributed by atoms with Crippen LogP contribution in [0.5, 0.6) is 0 Å². The Morgan fingerprint density at radius 1 is 0.872 bits per heavy atom. The second kappa shape index (κ2) is 16.8. The molecule has 1 fully saturated rings. The molecule has 1 aliphatic heterocycles. The van der Waals surface area contributed by atoms with Gasteiger partial charge in [0.15, 0.2) is 0 Å². The van der Waals surface area contributed by atoms with Gasteiger partial charge < -0.3 is 25.3 Å². The third-order valence-corrected chi connectivity index (χ3v) is 9.71. The summed E-state index contributed by atoms with van der Waals surface area (Å²) in [5, 5.41) is 39.8. The number of nitrogens with one attached hydrogen (secondary N) is 1. The largest absolute Gasteiger partial charge is 0.393 e. The van der Waals surface area contributed by atoms with E-state index in [1.165, 1.54) is 12.1 Å². The van der Waals surface area contributed by atoms with Gasteiger partial charge in [0.05, 0.1) is 37.5 Å². The third-order valence-electron chi connectivity index (χ3n) is 8.98. The molecule has 0 spiro atoms. The molecule has 11 heteroatoms. The second-order valence-electron chi connectivity index (χ2n) is 12.7. The van der Waals surface area contributed by atoms with Gasteiger partial charge in [-0.25, -0.2) is 17.5 Å². The van der Waals surface area contributed by atoms with E-state index in [0.717, 1.165) is 60.7 Å². The first-order valence-electron chi connectivity index (χ1n) is 16.3. The Labute approximate surface area is 277 Å². The third kappa shape index (κ3) is 10.4. The first-order chi connectivity index (χ1) is 22.4. The van der Waals surface area contributed by atoms with Crippen molar-refractivity contribution in [1.29, 1.82) is 0 Å². The van der Waals surface area contributed by atoms with Crippen LogP contribution in [0.1, 0.15) is 79.3 Å². The van der Waals surface area contributed by atoms with Crippen molar-refractivity contribution in [3.63, 3.8) is 0 Å². The Kier molecular flexibility index (Phi) is 13.1. The van der Waals surface area contributed by atoms with E-state index in [9.17, 15) is 38.0 Å². The standard InChI is InChI=1S/C36H47FN2O7S/c1-47(45,46)38-23-5-3-2-4-6-26-9-17-31(18-10-26)39-34(29-11-7-27(8-12-29)21-22-36(44,24-40)25-41)32(35(39)43)19-20-33(42)28-13-15-30(37)16-14-28/h7-18,32-34,38,40-42,44H,2-6,19-25H2,1H3. The molecule has 3 aromatic carbocycles. The molecule has 4 rings (SSSR count). The molecule has 0 radical (unpaired) electrons. The number of benzene rings is 3. The normalized spacial score (nSPS) is 17.5. The van der Waals surface area contributed by atoms with Crippen molar-refractivity contribution in [2.75, 3.05) is 30.9 Å². The van der Waals surface area contributed by atoms with Crippen molar-refractivity contribution < 1.29 is 38.0 Å². The van der Waals surface area contributed by atoms with Gasteiger partial charge in [0.25, 0.3) is 0 Å². The van der Waals surface area contributed by atoms with Crippen molar-refractivity contribution in [1.82, 2.24) is 4.72 Å². The van der Waals surface area contributed by atoms with Crippen LogP contribution in [-0.2, 0) is 27.7 Å². The van der Waals surface area contributed by atoms with Crippen LogP contribution in [0.25, 0.3) is 0 Å². The molecule has 0 aromatic heterocycles. The van der Waals surface area contributed by atoms with E-state index in [4.69, 9.17) is 0 Å². The van der Waals surface area contributed by atoms with Crippen molar-refractivity contribution in [2.24, 2.45) is 5.92 Å². The summed E-state index contributed by atoms with van der Waals surface area (Å²) in [6.45, 7) is -0.615. The average Bonchev–Trinajstić information content (AvgIpc) is 3.06. The number of aliphatic hydroxyl groups is 4. The van der Waals surface area contributed by atoms with Crippen molar-refractivity contribution in [3.8, 4) is 0 Å². The molecule has 5 N–H and O–H groups in total. The average molecular weight is 671 g/mol. The maximum atomic E-state index is 13.6. The molecule has 256 valence electrons. The van der Waals surface area contributed by atoms with Crippen LogP contribution >= 0.6 is 0 Å². The van der Waals surface area contributed by atoms with E-state index in [-0.39, 0.29) is 30.1 Å². The van der Waals surface area contributed by atoms with Crippen molar-refractivity contribution in [2.45, 2.75) is 75.5 Å². The SMILES string of the molecule is CS(=O)(=O)NCCCCCCc1ccc(N2C(=O)C(CCC(O)c3ccc(F)cc3)C2c2ccc(CCC(O)(CO)CO)cc2)cc1. The van der Waals surface area contributed by atoms with Crippen molar-refractivity contribution in [3.05, 3.63) is 101 Å². The number of hydrogen-bond donors (Lipinski definition) is 5. The van der Waals surface area contributed by atoms with E-state index in [2.05, 4.69) is 4.72 Å². The fraction of sp³-hybridized carbons (Fsp3) is 0.472. The number of unbranched alkanes of at least 4 members (excludes halogenated alkanes) is 3. The molecular formula is C36H47FN2O7S. The number of carbonyl (C=O) groups excluding carboxylic acids is 1. The summed E-state index contributed by atoms with van der Waals surface area (Å²) in [5.74, 6) is -0.768. The van der Waals surface area contributed by atoms with E-state index in [1.54, 1.807) is 17.0 Å². The highest BCUT2D eigenvalue weighted by atomic mass is 32.2. The van der Waals surface area contributed by atoms with Crippen molar-refractivity contribution >= 4 is 21.6 Å². The van der Waals surface area contributed by atoms with E-state index >= 15 is 0 Å². The fourth-order valence-electron chi connectivity index (χ4n) is 6.04. The van der Waals surface area contributed by atoms with Crippen LogP contribution in [0.4, 0.5) is 10.1 Å². The lowest BCUT2D eigenvalue weighted by atomic mass is 9.78. The lowest BCUT2D eigenvalue weighted by molar-refractivity contribution is -0.131. The minimum absolute atomic E-state index is 0.0307. The van der Waals surface area contributed by atoms with Crippen LogP contribution < -0.4 is 9.62 Å². The number of amides is 1. The van der Waals surface area contributed by atoms with Gasteiger partial charge in [0.2, 0.25) is 15.9 Å². The van der Waals surface area contributed by atoms with Crippen LogP contribution in [0.3, 0.4) is 0 Å². The number of hydrogen-bond acceptors (Lipinski definition) is 7. The van der Waals surface area contributed by atoms with E-state index in [1.807, 2.05) is 48.5 Å². The molecule has 0 bridgehead atoms. The number of halogens is 1. The Morgan fingerprint density at radius 2 is 1.47 bits per heavy atom. The molecule has 3 atom stereocenters. The Hall–Kier alpha value is -3.19. The van der Waals surface area contributed by atoms with Gasteiger partial charge in [0, 0.05) is 12.2 Å². The van der Waals surface area contributed by atoms with Crippen LogP contribution in [-0.4, -0.2) is 66.4 Å². The van der Waals surface area contributed by atoms with Gasteiger partial charge in [-0.2, -0.15) is 0 Å². The Morgan fingerprint density at radius 3 is 2.09 bits per heavy atom. The molecule has 1 heterocycles. The minimum atomic E-state index is -3.15. The van der Waals surface area contributed by atoms with Gasteiger partial charge in [-0.3, -0.25) is 4.79 Å². The van der Waals surface area contributed by atoms with E-state index < -0.39 is 34.9 Å². The molecule has 1 amide bonds. The Balaban J connectivity index is 1.42. The molecular weight excluding hydrogens is 623 g/mol. The molecule has 1 aliphatic rings. The van der Waals surface area contributed by atoms with Gasteiger partial charge in [-0.1, -0.05) is 61.4 Å². The molecule has 3 aromatic rings. The maximum Gasteiger partial charge on any atom is 0.233 e. The molecule has 0 saturated carbocycles. The lowest BCUT2D eigenvalue weighted by Crippen LogP contribution is -2.55. The monoisotopic (exact) mass is 670 g/mol. The maximum absolute atomic E-state index is 13.6. The second-order valence-corrected chi connectivity index (χ2v) is 14.5. The smallest absolute Gasteiger partial charge is 0.233 e. The molecule has 9 nitrogen and oxygen atoms in total. The highest BCUT2D eigenvalue weighted by Gasteiger charge is 2.48. The Bertz CT molecular complexity index is 1530. The zero-order valence-electron chi connectivity index (χ0n) is 26.9. The van der Waals surface area contributed by atoms with Gasteiger partial charge in [-0.15, -0.1) is 0 Å². The first-order valence-corrected chi connectivity index (χ1v) is 18.2. The van der Waals surface area contributed by atoms with E-state index in [0.29, 0.717) is 31.4 Å². The predicted molar refractivity (Wildman–Crippen MR) is 180 cm³/mol. The van der Waals surface area contributed by atoms with Gasteiger partial charge in [0.1, 0.15) is 11.4 Å². The van der Waals surface area contributed by atoms with Gasteiger partial charge in [-0.05, 0) is 91.5 Å². The summed E-state index contributed by atoms with van der Waals surface area (Å²) < 4.78 is 38.2. The minimum Gasteiger partial charge on any atom is -0.393 e. The quantitative estimate of drug-likeness (QED) is 0.0942. The summed E-state index contributed by atoms with van der Waals surface area (Å²) in [6.07, 6.45) is 6.34. The predicted octanol–water partition coefficient (Wildman–Crippen LogP) is 4.34. The molecule has 47 heavy (non-hydrogen) atoms. The summed E-state index contributed by atoms with van der Waals surface area (Å²) in [7, 11) is -3.15. The highest BCUT2D eigenvalue weighted by Crippen LogP contribution is 2.46. The summed E-state index contributed by atoms with van der Waals surface area (Å²) in [6, 6.07) is 21.2. The fourth-order valence-corrected chi connectivity index (χ4v) is 6.56. The summed E-state index contributed by atoms with van der Waals surface area (Å²) >= 11 is 0. The van der Waals surface area contributed by atoms with Gasteiger partial charge >= 0.3 is 0 Å². The van der Waals surface area contributed by atoms with Crippen LogP contribution in [0, 0.1) is 11.7 Å². The summed E-state index contributed by atoms with van der Waals surface area (Å²) in [5.41, 5.74) is 2.85. The summed E-state index contributed by atoms with van der Waals surface area (Å²) in [4.78, 5) is 15.4. The lowest BCUT2D eigenvalue weighted by Gasteiger charge is -2.48. The topological polar surface area (TPSA) is 147 Å². The number of anilines is 1. The number of sulfonamides is 1. The number of aryl methyl sites for hydroxylation is 2. The highest BCUT2D eigenvalue weighted by molar-refractivity contribution is 7.88.